The van der Waals surface area contributed by atoms with Crippen LogP contribution in [0.5, 0.6) is 0 Å². The molecule has 1 aliphatic heterocycles. The van der Waals surface area contributed by atoms with E-state index >= 15 is 0 Å². The van der Waals surface area contributed by atoms with Crippen LogP contribution in [0.1, 0.15) is 33.1 Å². The normalized spacial score (nSPS) is 44.2. The second kappa shape index (κ2) is 3.61. The quantitative estimate of drug-likeness (QED) is 0.351. The molecule has 0 spiro atoms. The van der Waals surface area contributed by atoms with Crippen molar-refractivity contribution in [2.75, 3.05) is 0 Å². The van der Waals surface area contributed by atoms with E-state index in [0.29, 0.717) is 6.10 Å². The average molecular weight is 194 g/mol. The van der Waals surface area contributed by atoms with Gasteiger partial charge in [0.15, 0.2) is 0 Å². The molecule has 0 aromatic rings. The summed E-state index contributed by atoms with van der Waals surface area (Å²) in [5.74, 6) is 0.732. The van der Waals surface area contributed by atoms with Gasteiger partial charge in [-0.3, -0.25) is 0 Å². The average Bonchev–Trinajstić information content (AvgIpc) is 2.58. The Bertz CT molecular complexity index is 202. The predicted octanol–water partition coefficient (Wildman–Crippen LogP) is 1.60. The molecule has 1 nitrogen and oxygen atoms in total. The number of rotatable bonds is 1. The van der Waals surface area contributed by atoms with Crippen LogP contribution in [0, 0.1) is 5.92 Å². The molecular formula is C10H18CaO. The number of epoxide rings is 1. The second-order valence-corrected chi connectivity index (χ2v) is 4.24. The van der Waals surface area contributed by atoms with Gasteiger partial charge in [-0.05, 0) is 39.0 Å². The molecule has 3 atom stereocenters. The van der Waals surface area contributed by atoms with E-state index in [0.717, 1.165) is 5.92 Å². The Morgan fingerprint density at radius 3 is 2.75 bits per heavy atom. The fraction of sp³-hybridized carbons (Fsp3) is 0.800. The van der Waals surface area contributed by atoms with Gasteiger partial charge in [0, 0.05) is 0 Å². The molecule has 3 unspecified atom stereocenters. The molecule has 1 saturated heterocycles. The number of ether oxygens (including phenoxy) is 1. The molecule has 0 bridgehead atoms. The summed E-state index contributed by atoms with van der Waals surface area (Å²) in [6.07, 6.45) is 4.28. The van der Waals surface area contributed by atoms with E-state index in [9.17, 15) is 0 Å². The number of allylic oxidation sites excluding steroid dienone is 1. The molecule has 12 heavy (non-hydrogen) atoms. The van der Waals surface area contributed by atoms with Crippen molar-refractivity contribution in [3.63, 3.8) is 0 Å². The van der Waals surface area contributed by atoms with Gasteiger partial charge in [-0.1, -0.05) is 12.2 Å². The minimum atomic E-state index is 0. The van der Waals surface area contributed by atoms with Gasteiger partial charge in [0.05, 0.1) is 11.7 Å². The summed E-state index contributed by atoms with van der Waals surface area (Å²) in [4.78, 5) is 0. The molecule has 66 valence electrons. The Balaban J connectivity index is 0.000000720. The van der Waals surface area contributed by atoms with E-state index in [1.54, 1.807) is 0 Å². The third-order valence-corrected chi connectivity index (χ3v) is 3.22. The van der Waals surface area contributed by atoms with Crippen molar-refractivity contribution in [3.8, 4) is 0 Å². The molecule has 1 heterocycles. The van der Waals surface area contributed by atoms with E-state index in [-0.39, 0.29) is 43.3 Å². The van der Waals surface area contributed by atoms with E-state index in [4.69, 9.17) is 4.74 Å². The van der Waals surface area contributed by atoms with Gasteiger partial charge < -0.3 is 4.74 Å². The van der Waals surface area contributed by atoms with Crippen molar-refractivity contribution in [2.24, 2.45) is 5.92 Å². The summed E-state index contributed by atoms with van der Waals surface area (Å²) in [5, 5.41) is 0. The fourth-order valence-electron chi connectivity index (χ4n) is 2.09. The van der Waals surface area contributed by atoms with Crippen LogP contribution in [-0.2, 0) is 4.74 Å². The van der Waals surface area contributed by atoms with Crippen LogP contribution in [0.4, 0.5) is 0 Å². The Morgan fingerprint density at radius 1 is 1.58 bits per heavy atom. The van der Waals surface area contributed by atoms with E-state index < -0.39 is 0 Å². The molecular weight excluding hydrogens is 176 g/mol. The Hall–Kier alpha value is 0.960. The zero-order valence-electron chi connectivity index (χ0n) is 7.39. The second-order valence-electron chi connectivity index (χ2n) is 4.24. The minimum absolute atomic E-state index is 0. The van der Waals surface area contributed by atoms with Crippen molar-refractivity contribution in [1.82, 2.24) is 0 Å². The van der Waals surface area contributed by atoms with Crippen molar-refractivity contribution < 1.29 is 4.74 Å². The molecule has 0 radical (unpaired) electrons. The molecule has 2 fully saturated rings. The van der Waals surface area contributed by atoms with Crippen LogP contribution in [0.2, 0.25) is 0 Å². The van der Waals surface area contributed by atoms with Crippen LogP contribution < -0.4 is 0 Å². The van der Waals surface area contributed by atoms with Gasteiger partial charge in [-0.25, -0.2) is 0 Å². The van der Waals surface area contributed by atoms with Crippen molar-refractivity contribution in [2.45, 2.75) is 44.8 Å². The van der Waals surface area contributed by atoms with Gasteiger partial charge in [-0.2, -0.15) is 0 Å². The molecule has 0 aromatic carbocycles. The number of fused-ring (bicyclic) bond motifs is 1. The van der Waals surface area contributed by atoms with Gasteiger partial charge in [0.25, 0.3) is 0 Å². The SMILES string of the molecule is C=C(C)C1CCC2(C)OC2C1.[CaH2]. The third kappa shape index (κ3) is 1.89. The first kappa shape index (κ1) is 11.0. The van der Waals surface area contributed by atoms with E-state index in [2.05, 4.69) is 20.4 Å². The monoisotopic (exact) mass is 194 g/mol. The molecule has 0 aromatic heterocycles. The molecule has 1 aliphatic carbocycles. The van der Waals surface area contributed by atoms with Crippen LogP contribution >= 0.6 is 0 Å². The summed E-state index contributed by atoms with van der Waals surface area (Å²) in [5.41, 5.74) is 1.61. The maximum atomic E-state index is 5.60. The zero-order valence-corrected chi connectivity index (χ0v) is 7.39. The van der Waals surface area contributed by atoms with E-state index in [1.165, 1.54) is 24.8 Å². The Labute approximate surface area is 105 Å². The van der Waals surface area contributed by atoms with Crippen molar-refractivity contribution in [1.29, 1.82) is 0 Å². The molecule has 0 amide bonds. The Kier molecular flexibility index (Phi) is 3.32. The molecule has 2 aliphatic rings. The summed E-state index contributed by atoms with van der Waals surface area (Å²) < 4.78 is 5.60. The third-order valence-electron chi connectivity index (χ3n) is 3.22. The zero-order chi connectivity index (χ0) is 8.06. The molecule has 2 rings (SSSR count). The molecule has 1 saturated carbocycles. The maximum absolute atomic E-state index is 5.60. The van der Waals surface area contributed by atoms with Crippen molar-refractivity contribution in [3.05, 3.63) is 12.2 Å². The molecule has 2 heteroatoms. The fourth-order valence-corrected chi connectivity index (χ4v) is 2.09. The van der Waals surface area contributed by atoms with Crippen LogP contribution in [0.3, 0.4) is 0 Å². The standard InChI is InChI=1S/C10H16O.Ca.2H/c1-7(2)8-4-5-10(3)9(6-8)11-10;;;/h8-9H,1,4-6H2,2-3H3;;;. The van der Waals surface area contributed by atoms with Crippen LogP contribution in [0.15, 0.2) is 12.2 Å². The summed E-state index contributed by atoms with van der Waals surface area (Å²) >= 11 is 0. The summed E-state index contributed by atoms with van der Waals surface area (Å²) in [6, 6.07) is 0. The van der Waals surface area contributed by atoms with Gasteiger partial charge in [-0.15, -0.1) is 0 Å². The van der Waals surface area contributed by atoms with Crippen molar-refractivity contribution >= 4 is 37.7 Å². The summed E-state index contributed by atoms with van der Waals surface area (Å²) in [6.45, 7) is 8.36. The first-order valence-electron chi connectivity index (χ1n) is 4.45. The van der Waals surface area contributed by atoms with Gasteiger partial charge in [0.1, 0.15) is 0 Å². The van der Waals surface area contributed by atoms with Crippen LogP contribution in [0.25, 0.3) is 0 Å². The molecule has 0 N–H and O–H groups in total. The number of hydrogen-bond acceptors (Lipinski definition) is 1. The topological polar surface area (TPSA) is 12.5 Å². The number of hydrogen-bond donors (Lipinski definition) is 0. The first-order valence-corrected chi connectivity index (χ1v) is 4.45. The van der Waals surface area contributed by atoms with Gasteiger partial charge >= 0.3 is 37.7 Å². The van der Waals surface area contributed by atoms with E-state index in [1.807, 2.05) is 0 Å². The van der Waals surface area contributed by atoms with Crippen LogP contribution in [-0.4, -0.2) is 49.4 Å². The summed E-state index contributed by atoms with van der Waals surface area (Å²) in [7, 11) is 0. The Morgan fingerprint density at radius 2 is 2.25 bits per heavy atom. The first-order chi connectivity index (χ1) is 5.12. The predicted molar refractivity (Wildman–Crippen MR) is 54.0 cm³/mol. The van der Waals surface area contributed by atoms with Gasteiger partial charge in [0.2, 0.25) is 0 Å².